The standard InChI is InChI=1S/C10H21NO/c1-4-5-10(2,3)9-8-11-6-7-12-9/h9,11H,4-8H2,1-3H3. The summed E-state index contributed by atoms with van der Waals surface area (Å²) >= 11 is 0. The van der Waals surface area contributed by atoms with Gasteiger partial charge >= 0.3 is 0 Å². The monoisotopic (exact) mass is 171 g/mol. The third-order valence-corrected chi connectivity index (χ3v) is 2.69. The third kappa shape index (κ3) is 2.46. The van der Waals surface area contributed by atoms with Gasteiger partial charge in [-0.3, -0.25) is 0 Å². The Bertz CT molecular complexity index is 128. The SMILES string of the molecule is CCCC(C)(C)C1CNCCO1. The highest BCUT2D eigenvalue weighted by Gasteiger charge is 2.30. The van der Waals surface area contributed by atoms with Crippen LogP contribution in [0, 0.1) is 5.41 Å². The van der Waals surface area contributed by atoms with Gasteiger partial charge in [-0.1, -0.05) is 27.2 Å². The van der Waals surface area contributed by atoms with Crippen molar-refractivity contribution < 1.29 is 4.74 Å². The lowest BCUT2D eigenvalue weighted by atomic mass is 9.81. The molecule has 1 unspecified atom stereocenters. The molecule has 0 spiro atoms. The van der Waals surface area contributed by atoms with Crippen molar-refractivity contribution in [3.8, 4) is 0 Å². The first kappa shape index (κ1) is 10.0. The zero-order chi connectivity index (χ0) is 9.03. The van der Waals surface area contributed by atoms with Crippen LogP contribution in [0.1, 0.15) is 33.6 Å². The molecule has 1 heterocycles. The molecular formula is C10H21NO. The summed E-state index contributed by atoms with van der Waals surface area (Å²) in [5.74, 6) is 0. The molecule has 0 aliphatic carbocycles. The van der Waals surface area contributed by atoms with Gasteiger partial charge in [0, 0.05) is 13.1 Å². The van der Waals surface area contributed by atoms with E-state index in [1.165, 1.54) is 12.8 Å². The zero-order valence-corrected chi connectivity index (χ0v) is 8.52. The fourth-order valence-corrected chi connectivity index (χ4v) is 1.87. The van der Waals surface area contributed by atoms with Crippen molar-refractivity contribution >= 4 is 0 Å². The van der Waals surface area contributed by atoms with Crippen LogP contribution in [0.3, 0.4) is 0 Å². The topological polar surface area (TPSA) is 21.3 Å². The Labute approximate surface area is 75.7 Å². The molecule has 0 radical (unpaired) electrons. The molecular weight excluding hydrogens is 150 g/mol. The van der Waals surface area contributed by atoms with Crippen LogP contribution in [0.2, 0.25) is 0 Å². The molecule has 1 N–H and O–H groups in total. The molecule has 0 aromatic rings. The zero-order valence-electron chi connectivity index (χ0n) is 8.52. The normalized spacial score (nSPS) is 25.8. The summed E-state index contributed by atoms with van der Waals surface area (Å²) < 4.78 is 5.73. The highest BCUT2D eigenvalue weighted by molar-refractivity contribution is 4.82. The van der Waals surface area contributed by atoms with Crippen molar-refractivity contribution in [1.29, 1.82) is 0 Å². The lowest BCUT2D eigenvalue weighted by Crippen LogP contribution is -2.46. The number of morpholine rings is 1. The highest BCUT2D eigenvalue weighted by atomic mass is 16.5. The quantitative estimate of drug-likeness (QED) is 0.699. The summed E-state index contributed by atoms with van der Waals surface area (Å²) in [5.41, 5.74) is 0.335. The minimum atomic E-state index is 0.335. The molecule has 0 amide bonds. The van der Waals surface area contributed by atoms with Crippen molar-refractivity contribution in [3.63, 3.8) is 0 Å². The van der Waals surface area contributed by atoms with Crippen molar-refractivity contribution in [3.05, 3.63) is 0 Å². The first-order valence-electron chi connectivity index (χ1n) is 4.99. The van der Waals surface area contributed by atoms with Crippen LogP contribution >= 0.6 is 0 Å². The number of rotatable bonds is 3. The maximum atomic E-state index is 5.73. The predicted molar refractivity (Wildman–Crippen MR) is 51.3 cm³/mol. The van der Waals surface area contributed by atoms with Crippen LogP contribution in [0.15, 0.2) is 0 Å². The minimum absolute atomic E-state index is 0.335. The molecule has 0 bridgehead atoms. The number of nitrogens with one attached hydrogen (secondary N) is 1. The van der Waals surface area contributed by atoms with Crippen LogP contribution in [0.4, 0.5) is 0 Å². The molecule has 0 aromatic carbocycles. The van der Waals surface area contributed by atoms with Gasteiger partial charge < -0.3 is 10.1 Å². The van der Waals surface area contributed by atoms with Crippen molar-refractivity contribution in [2.45, 2.75) is 39.7 Å². The summed E-state index contributed by atoms with van der Waals surface area (Å²) in [6.45, 7) is 9.74. The molecule has 1 atom stereocenters. The molecule has 0 saturated carbocycles. The van der Waals surface area contributed by atoms with E-state index < -0.39 is 0 Å². The van der Waals surface area contributed by atoms with E-state index in [9.17, 15) is 0 Å². The smallest absolute Gasteiger partial charge is 0.0750 e. The Balaban J connectivity index is 2.41. The summed E-state index contributed by atoms with van der Waals surface area (Å²) in [6.07, 6.45) is 2.90. The Kier molecular flexibility index (Phi) is 3.53. The Morgan fingerprint density at radius 2 is 2.25 bits per heavy atom. The third-order valence-electron chi connectivity index (χ3n) is 2.69. The van der Waals surface area contributed by atoms with Crippen LogP contribution in [0.25, 0.3) is 0 Å². The van der Waals surface area contributed by atoms with Gasteiger partial charge in [0.05, 0.1) is 12.7 Å². The molecule has 2 nitrogen and oxygen atoms in total. The minimum Gasteiger partial charge on any atom is -0.375 e. The van der Waals surface area contributed by atoms with E-state index in [1.807, 2.05) is 0 Å². The van der Waals surface area contributed by atoms with Crippen LogP contribution in [-0.2, 0) is 4.74 Å². The second-order valence-corrected chi connectivity index (χ2v) is 4.30. The molecule has 1 rings (SSSR count). The largest absolute Gasteiger partial charge is 0.375 e. The molecule has 0 aromatic heterocycles. The van der Waals surface area contributed by atoms with Crippen LogP contribution in [0.5, 0.6) is 0 Å². The van der Waals surface area contributed by atoms with Gasteiger partial charge in [-0.05, 0) is 11.8 Å². The van der Waals surface area contributed by atoms with E-state index in [0.717, 1.165) is 19.7 Å². The van der Waals surface area contributed by atoms with E-state index in [2.05, 4.69) is 26.1 Å². The highest BCUT2D eigenvalue weighted by Crippen LogP contribution is 2.29. The van der Waals surface area contributed by atoms with Crippen molar-refractivity contribution in [2.24, 2.45) is 5.41 Å². The lowest BCUT2D eigenvalue weighted by molar-refractivity contribution is -0.0469. The molecule has 1 aliphatic rings. The van der Waals surface area contributed by atoms with E-state index in [1.54, 1.807) is 0 Å². The summed E-state index contributed by atoms with van der Waals surface area (Å²) in [5, 5.41) is 3.37. The average Bonchev–Trinajstić information content (AvgIpc) is 2.06. The first-order valence-corrected chi connectivity index (χ1v) is 4.99. The lowest BCUT2D eigenvalue weighted by Gasteiger charge is -2.37. The van der Waals surface area contributed by atoms with Gasteiger partial charge in [0.15, 0.2) is 0 Å². The van der Waals surface area contributed by atoms with Crippen LogP contribution < -0.4 is 5.32 Å². The second-order valence-electron chi connectivity index (χ2n) is 4.30. The Morgan fingerprint density at radius 1 is 1.50 bits per heavy atom. The van der Waals surface area contributed by atoms with Crippen LogP contribution in [-0.4, -0.2) is 25.8 Å². The summed E-state index contributed by atoms with van der Waals surface area (Å²) in [7, 11) is 0. The summed E-state index contributed by atoms with van der Waals surface area (Å²) in [4.78, 5) is 0. The number of hydrogen-bond acceptors (Lipinski definition) is 2. The number of hydrogen-bond donors (Lipinski definition) is 1. The Hall–Kier alpha value is -0.0800. The predicted octanol–water partition coefficient (Wildman–Crippen LogP) is 1.80. The van der Waals surface area contributed by atoms with Gasteiger partial charge in [-0.15, -0.1) is 0 Å². The second kappa shape index (κ2) is 4.24. The molecule has 72 valence electrons. The van der Waals surface area contributed by atoms with E-state index in [4.69, 9.17) is 4.74 Å². The van der Waals surface area contributed by atoms with E-state index >= 15 is 0 Å². The van der Waals surface area contributed by atoms with Crippen molar-refractivity contribution in [1.82, 2.24) is 5.32 Å². The molecule has 1 fully saturated rings. The average molecular weight is 171 g/mol. The van der Waals surface area contributed by atoms with E-state index in [-0.39, 0.29) is 0 Å². The van der Waals surface area contributed by atoms with Gasteiger partial charge in [-0.2, -0.15) is 0 Å². The maximum absolute atomic E-state index is 5.73. The van der Waals surface area contributed by atoms with Gasteiger partial charge in [-0.25, -0.2) is 0 Å². The molecule has 12 heavy (non-hydrogen) atoms. The fraction of sp³-hybridized carbons (Fsp3) is 1.00. The van der Waals surface area contributed by atoms with Gasteiger partial charge in [0.2, 0.25) is 0 Å². The maximum Gasteiger partial charge on any atom is 0.0750 e. The molecule has 1 aliphatic heterocycles. The molecule has 2 heteroatoms. The van der Waals surface area contributed by atoms with Crippen molar-refractivity contribution in [2.75, 3.05) is 19.7 Å². The summed E-state index contributed by atoms with van der Waals surface area (Å²) in [6, 6.07) is 0. The fourth-order valence-electron chi connectivity index (χ4n) is 1.87. The van der Waals surface area contributed by atoms with Gasteiger partial charge in [0.1, 0.15) is 0 Å². The molecule has 1 saturated heterocycles. The van der Waals surface area contributed by atoms with Gasteiger partial charge in [0.25, 0.3) is 0 Å². The Morgan fingerprint density at radius 3 is 2.75 bits per heavy atom. The number of ether oxygens (including phenoxy) is 1. The first-order chi connectivity index (χ1) is 5.67. The van der Waals surface area contributed by atoms with E-state index in [0.29, 0.717) is 11.5 Å².